The lowest BCUT2D eigenvalue weighted by Gasteiger charge is -2.11. The number of ether oxygens (including phenoxy) is 1. The van der Waals surface area contributed by atoms with Gasteiger partial charge in [-0.15, -0.1) is 0 Å². The van der Waals surface area contributed by atoms with Crippen molar-refractivity contribution >= 4 is 17.6 Å². The lowest BCUT2D eigenvalue weighted by molar-refractivity contribution is -0.384. The van der Waals surface area contributed by atoms with E-state index in [1.165, 1.54) is 38.3 Å². The van der Waals surface area contributed by atoms with E-state index in [2.05, 4.69) is 10.1 Å². The fraction of sp³-hybridized carbons (Fsp3) is 0.273. The molecule has 96 valence electrons. The lowest BCUT2D eigenvalue weighted by Crippen LogP contribution is -2.39. The van der Waals surface area contributed by atoms with E-state index < -0.39 is 22.8 Å². The highest BCUT2D eigenvalue weighted by atomic mass is 16.6. The van der Waals surface area contributed by atoms with Gasteiger partial charge in [0.25, 0.3) is 11.6 Å². The Morgan fingerprint density at radius 3 is 2.33 bits per heavy atom. The number of carbonyl (C=O) groups is 2. The van der Waals surface area contributed by atoms with Crippen LogP contribution in [-0.2, 0) is 9.53 Å². The molecule has 0 heterocycles. The minimum absolute atomic E-state index is 0.104. The Morgan fingerprint density at radius 1 is 1.33 bits per heavy atom. The number of hydrogen-bond donors (Lipinski definition) is 1. The van der Waals surface area contributed by atoms with Gasteiger partial charge >= 0.3 is 5.97 Å². The van der Waals surface area contributed by atoms with Crippen molar-refractivity contribution in [1.29, 1.82) is 0 Å². The predicted octanol–water partition coefficient (Wildman–Crippen LogP) is 0.886. The summed E-state index contributed by atoms with van der Waals surface area (Å²) in [7, 11) is 1.22. The first-order chi connectivity index (χ1) is 8.45. The van der Waals surface area contributed by atoms with E-state index in [4.69, 9.17) is 0 Å². The molecule has 1 unspecified atom stereocenters. The fourth-order valence-electron chi connectivity index (χ4n) is 1.25. The van der Waals surface area contributed by atoms with E-state index in [0.29, 0.717) is 0 Å². The van der Waals surface area contributed by atoms with E-state index in [1.54, 1.807) is 0 Å². The SMILES string of the molecule is COC(=O)C(C)NC(=O)c1ccc([N+](=O)[O-])cc1. The molecule has 0 bridgehead atoms. The smallest absolute Gasteiger partial charge is 0.328 e. The fourth-order valence-corrected chi connectivity index (χ4v) is 1.25. The summed E-state index contributed by atoms with van der Waals surface area (Å²) in [5, 5.41) is 12.8. The molecular formula is C11H12N2O5. The molecule has 0 saturated heterocycles. The molecule has 7 heteroatoms. The molecule has 0 radical (unpaired) electrons. The van der Waals surface area contributed by atoms with Crippen molar-refractivity contribution in [1.82, 2.24) is 5.32 Å². The quantitative estimate of drug-likeness (QED) is 0.487. The number of esters is 1. The molecule has 1 aromatic carbocycles. The highest BCUT2D eigenvalue weighted by Crippen LogP contribution is 2.11. The summed E-state index contributed by atoms with van der Waals surface area (Å²) < 4.78 is 4.46. The number of non-ortho nitro benzene ring substituents is 1. The Balaban J connectivity index is 2.73. The van der Waals surface area contributed by atoms with Gasteiger partial charge in [0.2, 0.25) is 0 Å². The average molecular weight is 252 g/mol. The maximum atomic E-state index is 11.7. The molecule has 1 rings (SSSR count). The van der Waals surface area contributed by atoms with Crippen LogP contribution >= 0.6 is 0 Å². The minimum Gasteiger partial charge on any atom is -0.467 e. The second kappa shape index (κ2) is 5.76. The van der Waals surface area contributed by atoms with Crippen LogP contribution in [0.15, 0.2) is 24.3 Å². The summed E-state index contributed by atoms with van der Waals surface area (Å²) in [6, 6.07) is 4.29. The van der Waals surface area contributed by atoms with Gasteiger partial charge in [-0.25, -0.2) is 4.79 Å². The summed E-state index contributed by atoms with van der Waals surface area (Å²) in [6.45, 7) is 1.48. The van der Waals surface area contributed by atoms with Crippen LogP contribution in [0.3, 0.4) is 0 Å². The van der Waals surface area contributed by atoms with E-state index >= 15 is 0 Å². The van der Waals surface area contributed by atoms with Crippen LogP contribution in [-0.4, -0.2) is 30.0 Å². The molecule has 0 aliphatic carbocycles. The van der Waals surface area contributed by atoms with Crippen LogP contribution in [0.25, 0.3) is 0 Å². The monoisotopic (exact) mass is 252 g/mol. The molecule has 1 aromatic rings. The predicted molar refractivity (Wildman–Crippen MR) is 62.0 cm³/mol. The van der Waals surface area contributed by atoms with E-state index in [0.717, 1.165) is 0 Å². The van der Waals surface area contributed by atoms with Crippen molar-refractivity contribution in [3.63, 3.8) is 0 Å². The maximum Gasteiger partial charge on any atom is 0.328 e. The van der Waals surface area contributed by atoms with Gasteiger partial charge in [-0.3, -0.25) is 14.9 Å². The number of benzene rings is 1. The highest BCUT2D eigenvalue weighted by molar-refractivity contribution is 5.96. The first kappa shape index (κ1) is 13.6. The zero-order valence-corrected chi connectivity index (χ0v) is 9.88. The molecule has 0 spiro atoms. The van der Waals surface area contributed by atoms with Gasteiger partial charge in [-0.05, 0) is 19.1 Å². The van der Waals surface area contributed by atoms with Gasteiger partial charge in [0.1, 0.15) is 6.04 Å². The zero-order chi connectivity index (χ0) is 13.7. The summed E-state index contributed by atoms with van der Waals surface area (Å²) in [6.07, 6.45) is 0. The maximum absolute atomic E-state index is 11.7. The lowest BCUT2D eigenvalue weighted by atomic mass is 10.2. The molecule has 0 saturated carbocycles. The highest BCUT2D eigenvalue weighted by Gasteiger charge is 2.17. The van der Waals surface area contributed by atoms with Gasteiger partial charge in [0.15, 0.2) is 0 Å². The van der Waals surface area contributed by atoms with Crippen LogP contribution in [0.2, 0.25) is 0 Å². The summed E-state index contributed by atoms with van der Waals surface area (Å²) in [4.78, 5) is 32.6. The van der Waals surface area contributed by atoms with Gasteiger partial charge in [0.05, 0.1) is 12.0 Å². The number of rotatable bonds is 4. The van der Waals surface area contributed by atoms with Crippen LogP contribution in [0, 0.1) is 10.1 Å². The second-order valence-electron chi connectivity index (χ2n) is 3.52. The number of nitrogens with zero attached hydrogens (tertiary/aromatic N) is 1. The zero-order valence-electron chi connectivity index (χ0n) is 9.88. The number of hydrogen-bond acceptors (Lipinski definition) is 5. The molecule has 0 aliphatic heterocycles. The molecule has 0 fully saturated rings. The van der Waals surface area contributed by atoms with Crippen molar-refractivity contribution in [2.75, 3.05) is 7.11 Å². The van der Waals surface area contributed by atoms with Crippen molar-refractivity contribution < 1.29 is 19.2 Å². The number of nitro benzene ring substituents is 1. The molecule has 1 atom stereocenters. The van der Waals surface area contributed by atoms with Crippen LogP contribution < -0.4 is 5.32 Å². The second-order valence-corrected chi connectivity index (χ2v) is 3.52. The Labute approximate surface area is 103 Å². The van der Waals surface area contributed by atoms with Crippen molar-refractivity contribution in [3.8, 4) is 0 Å². The van der Waals surface area contributed by atoms with Crippen LogP contribution in [0.4, 0.5) is 5.69 Å². The Morgan fingerprint density at radius 2 is 1.89 bits per heavy atom. The first-order valence-electron chi connectivity index (χ1n) is 5.09. The third-order valence-corrected chi connectivity index (χ3v) is 2.24. The molecule has 0 aromatic heterocycles. The van der Waals surface area contributed by atoms with E-state index in [1.807, 2.05) is 0 Å². The molecule has 18 heavy (non-hydrogen) atoms. The van der Waals surface area contributed by atoms with Gasteiger partial charge in [-0.1, -0.05) is 0 Å². The Hall–Kier alpha value is -2.44. The van der Waals surface area contributed by atoms with E-state index in [9.17, 15) is 19.7 Å². The minimum atomic E-state index is -0.780. The van der Waals surface area contributed by atoms with Gasteiger partial charge < -0.3 is 10.1 Å². The third-order valence-electron chi connectivity index (χ3n) is 2.24. The molecule has 1 amide bonds. The van der Waals surface area contributed by atoms with Crippen molar-refractivity contribution in [3.05, 3.63) is 39.9 Å². The number of methoxy groups -OCH3 is 1. The first-order valence-corrected chi connectivity index (χ1v) is 5.09. The van der Waals surface area contributed by atoms with Crippen LogP contribution in [0.5, 0.6) is 0 Å². The standard InChI is InChI=1S/C11H12N2O5/c1-7(11(15)18-2)12-10(14)8-3-5-9(6-4-8)13(16)17/h3-7H,1-2H3,(H,12,14). The van der Waals surface area contributed by atoms with E-state index in [-0.39, 0.29) is 11.3 Å². The number of amides is 1. The van der Waals surface area contributed by atoms with Crippen molar-refractivity contribution in [2.45, 2.75) is 13.0 Å². The van der Waals surface area contributed by atoms with Crippen molar-refractivity contribution in [2.24, 2.45) is 0 Å². The summed E-state index contributed by atoms with van der Waals surface area (Å²) >= 11 is 0. The Bertz CT molecular complexity index is 469. The molecule has 0 aliphatic rings. The molecular weight excluding hydrogens is 240 g/mol. The average Bonchev–Trinajstić information content (AvgIpc) is 2.37. The summed E-state index contributed by atoms with van der Waals surface area (Å²) in [5.74, 6) is -1.06. The van der Waals surface area contributed by atoms with Gasteiger partial charge in [0, 0.05) is 17.7 Å². The number of nitro groups is 1. The number of nitrogens with one attached hydrogen (secondary N) is 1. The molecule has 1 N–H and O–H groups in total. The van der Waals surface area contributed by atoms with Crippen LogP contribution in [0.1, 0.15) is 17.3 Å². The van der Waals surface area contributed by atoms with Gasteiger partial charge in [-0.2, -0.15) is 0 Å². The topological polar surface area (TPSA) is 98.5 Å². The Kier molecular flexibility index (Phi) is 4.36. The largest absolute Gasteiger partial charge is 0.467 e. The summed E-state index contributed by atoms with van der Waals surface area (Å²) in [5.41, 5.74) is 0.129. The molecule has 7 nitrogen and oxygen atoms in total. The number of carbonyl (C=O) groups excluding carboxylic acids is 2. The third kappa shape index (κ3) is 3.27. The normalized spacial score (nSPS) is 11.4.